The molecule has 0 amide bonds. The summed E-state index contributed by atoms with van der Waals surface area (Å²) in [5.74, 6) is 0.876. The lowest BCUT2D eigenvalue weighted by Crippen LogP contribution is -2.57. The van der Waals surface area contributed by atoms with Gasteiger partial charge >= 0.3 is 0 Å². The molecule has 2 rings (SSSR count). The summed E-state index contributed by atoms with van der Waals surface area (Å²) in [6.45, 7) is 6.93. The summed E-state index contributed by atoms with van der Waals surface area (Å²) >= 11 is 3.61. The molecule has 1 aliphatic heterocycles. The first kappa shape index (κ1) is 15.1. The van der Waals surface area contributed by atoms with Gasteiger partial charge in [0.05, 0.1) is 0 Å². The van der Waals surface area contributed by atoms with Gasteiger partial charge < -0.3 is 5.32 Å². The van der Waals surface area contributed by atoms with Crippen molar-refractivity contribution in [2.45, 2.75) is 51.4 Å². The fourth-order valence-corrected chi connectivity index (χ4v) is 3.61. The first-order valence-electron chi connectivity index (χ1n) is 7.67. The number of halogens is 1. The van der Waals surface area contributed by atoms with E-state index in [0.717, 1.165) is 19.0 Å². The molecule has 1 saturated heterocycles. The van der Waals surface area contributed by atoms with Gasteiger partial charge in [0, 0.05) is 23.0 Å². The molecule has 1 atom stereocenters. The SMILES string of the molecule is CCCCC(CC)CC1(c2cccc(Br)c2)CNC1. The second kappa shape index (κ2) is 6.90. The third-order valence-corrected chi connectivity index (χ3v) is 5.08. The zero-order valence-corrected chi connectivity index (χ0v) is 13.8. The van der Waals surface area contributed by atoms with Crippen molar-refractivity contribution >= 4 is 15.9 Å². The number of nitrogens with one attached hydrogen (secondary N) is 1. The molecule has 0 spiro atoms. The van der Waals surface area contributed by atoms with E-state index in [1.54, 1.807) is 0 Å². The van der Waals surface area contributed by atoms with Crippen LogP contribution in [0.5, 0.6) is 0 Å². The molecule has 1 fully saturated rings. The quantitative estimate of drug-likeness (QED) is 0.752. The van der Waals surface area contributed by atoms with Gasteiger partial charge in [0.1, 0.15) is 0 Å². The van der Waals surface area contributed by atoms with Gasteiger partial charge in [-0.25, -0.2) is 0 Å². The normalized spacial score (nSPS) is 18.9. The van der Waals surface area contributed by atoms with Crippen molar-refractivity contribution < 1.29 is 0 Å². The van der Waals surface area contributed by atoms with Crippen molar-refractivity contribution in [2.75, 3.05) is 13.1 Å². The molecule has 106 valence electrons. The molecule has 0 saturated carbocycles. The molecule has 19 heavy (non-hydrogen) atoms. The minimum atomic E-state index is 0.387. The number of benzene rings is 1. The summed E-state index contributed by atoms with van der Waals surface area (Å²) in [6.07, 6.45) is 6.74. The van der Waals surface area contributed by atoms with Crippen molar-refractivity contribution in [1.29, 1.82) is 0 Å². The molecule has 1 aromatic carbocycles. The summed E-state index contributed by atoms with van der Waals surface area (Å²) in [6, 6.07) is 8.91. The van der Waals surface area contributed by atoms with Crippen molar-refractivity contribution in [1.82, 2.24) is 5.32 Å². The highest BCUT2D eigenvalue weighted by atomic mass is 79.9. The Hall–Kier alpha value is -0.340. The van der Waals surface area contributed by atoms with Gasteiger partial charge in [-0.15, -0.1) is 0 Å². The summed E-state index contributed by atoms with van der Waals surface area (Å²) in [5.41, 5.74) is 1.90. The second-order valence-corrected chi connectivity index (χ2v) is 6.93. The van der Waals surface area contributed by atoms with Crippen molar-refractivity contribution in [2.24, 2.45) is 5.92 Å². The molecule has 0 radical (unpaired) electrons. The van der Waals surface area contributed by atoms with Crippen LogP contribution in [0.4, 0.5) is 0 Å². The number of hydrogen-bond donors (Lipinski definition) is 1. The third kappa shape index (κ3) is 3.61. The van der Waals surface area contributed by atoms with E-state index in [1.165, 1.54) is 42.1 Å². The van der Waals surface area contributed by atoms with Crippen molar-refractivity contribution in [3.05, 3.63) is 34.3 Å². The molecule has 1 heterocycles. The molecule has 1 aromatic rings. The van der Waals surface area contributed by atoms with Crippen LogP contribution < -0.4 is 5.32 Å². The van der Waals surface area contributed by atoms with Gasteiger partial charge in [0.2, 0.25) is 0 Å². The molecule has 1 N–H and O–H groups in total. The fourth-order valence-electron chi connectivity index (χ4n) is 3.21. The maximum Gasteiger partial charge on any atom is 0.0205 e. The standard InChI is InChI=1S/C17H26BrN/c1-3-5-7-14(4-2)11-17(12-19-13-17)15-8-6-9-16(18)10-15/h6,8-10,14,19H,3-5,7,11-13H2,1-2H3. The summed E-state index contributed by atoms with van der Waals surface area (Å²) < 4.78 is 1.21. The van der Waals surface area contributed by atoms with E-state index in [-0.39, 0.29) is 0 Å². The predicted molar refractivity (Wildman–Crippen MR) is 86.6 cm³/mol. The van der Waals surface area contributed by atoms with E-state index < -0.39 is 0 Å². The van der Waals surface area contributed by atoms with Crippen LogP contribution >= 0.6 is 15.9 Å². The molecule has 1 unspecified atom stereocenters. The minimum Gasteiger partial charge on any atom is -0.315 e. The van der Waals surface area contributed by atoms with Crippen molar-refractivity contribution in [3.63, 3.8) is 0 Å². The Morgan fingerprint density at radius 1 is 1.32 bits per heavy atom. The molecule has 0 aromatic heterocycles. The van der Waals surface area contributed by atoms with E-state index in [9.17, 15) is 0 Å². The van der Waals surface area contributed by atoms with Crippen LogP contribution in [-0.4, -0.2) is 13.1 Å². The average Bonchev–Trinajstić information content (AvgIpc) is 2.37. The Morgan fingerprint density at radius 3 is 2.63 bits per heavy atom. The highest BCUT2D eigenvalue weighted by Crippen LogP contribution is 2.38. The first-order chi connectivity index (χ1) is 9.20. The smallest absolute Gasteiger partial charge is 0.0205 e. The summed E-state index contributed by atoms with van der Waals surface area (Å²) in [7, 11) is 0. The van der Waals surface area contributed by atoms with E-state index in [4.69, 9.17) is 0 Å². The van der Waals surface area contributed by atoms with Gasteiger partial charge in [0.15, 0.2) is 0 Å². The zero-order valence-electron chi connectivity index (χ0n) is 12.2. The zero-order chi connectivity index (χ0) is 13.7. The highest BCUT2D eigenvalue weighted by Gasteiger charge is 2.39. The number of hydrogen-bond acceptors (Lipinski definition) is 1. The lowest BCUT2D eigenvalue weighted by molar-refractivity contribution is 0.206. The molecular formula is C17H26BrN. The Balaban J connectivity index is 2.09. The lowest BCUT2D eigenvalue weighted by atomic mass is 9.68. The Kier molecular flexibility index (Phi) is 5.47. The second-order valence-electron chi connectivity index (χ2n) is 6.01. The Bertz CT molecular complexity index is 398. The van der Waals surface area contributed by atoms with Gasteiger partial charge in [-0.05, 0) is 30.0 Å². The van der Waals surface area contributed by atoms with Crippen LogP contribution in [0.15, 0.2) is 28.7 Å². The number of unbranched alkanes of at least 4 members (excludes halogenated alkanes) is 1. The van der Waals surface area contributed by atoms with Gasteiger partial charge in [-0.3, -0.25) is 0 Å². The van der Waals surface area contributed by atoms with Crippen LogP contribution in [0.3, 0.4) is 0 Å². The third-order valence-electron chi connectivity index (χ3n) is 4.59. The fraction of sp³-hybridized carbons (Fsp3) is 0.647. The van der Waals surface area contributed by atoms with Gasteiger partial charge in [0.25, 0.3) is 0 Å². The lowest BCUT2D eigenvalue weighted by Gasteiger charge is -2.45. The van der Waals surface area contributed by atoms with Crippen LogP contribution in [0.1, 0.15) is 51.5 Å². The highest BCUT2D eigenvalue weighted by molar-refractivity contribution is 9.10. The van der Waals surface area contributed by atoms with Crippen molar-refractivity contribution in [3.8, 4) is 0 Å². The van der Waals surface area contributed by atoms with Crippen LogP contribution in [0.2, 0.25) is 0 Å². The molecule has 0 bridgehead atoms. The van der Waals surface area contributed by atoms with E-state index in [0.29, 0.717) is 5.41 Å². The van der Waals surface area contributed by atoms with E-state index >= 15 is 0 Å². The van der Waals surface area contributed by atoms with E-state index in [2.05, 4.69) is 59.4 Å². The molecule has 0 aliphatic carbocycles. The Labute approximate surface area is 126 Å². The first-order valence-corrected chi connectivity index (χ1v) is 8.46. The Morgan fingerprint density at radius 2 is 2.11 bits per heavy atom. The topological polar surface area (TPSA) is 12.0 Å². The van der Waals surface area contributed by atoms with Gasteiger partial charge in [-0.2, -0.15) is 0 Å². The van der Waals surface area contributed by atoms with E-state index in [1.807, 2.05) is 0 Å². The minimum absolute atomic E-state index is 0.387. The number of rotatable bonds is 7. The monoisotopic (exact) mass is 323 g/mol. The van der Waals surface area contributed by atoms with Crippen LogP contribution in [-0.2, 0) is 5.41 Å². The van der Waals surface area contributed by atoms with Crippen LogP contribution in [0, 0.1) is 5.92 Å². The largest absolute Gasteiger partial charge is 0.315 e. The summed E-state index contributed by atoms with van der Waals surface area (Å²) in [5, 5.41) is 3.49. The molecular weight excluding hydrogens is 298 g/mol. The van der Waals surface area contributed by atoms with Crippen LogP contribution in [0.25, 0.3) is 0 Å². The maximum atomic E-state index is 3.61. The molecule has 1 nitrogen and oxygen atoms in total. The maximum absolute atomic E-state index is 3.61. The summed E-state index contributed by atoms with van der Waals surface area (Å²) in [4.78, 5) is 0. The average molecular weight is 324 g/mol. The predicted octanol–water partition coefficient (Wildman–Crippen LogP) is 4.90. The van der Waals surface area contributed by atoms with Gasteiger partial charge in [-0.1, -0.05) is 67.6 Å². The molecule has 2 heteroatoms. The molecule has 1 aliphatic rings.